The standard InChI is InChI=1S/2C6H12O/c2*1-4-6(3,7)5-2/h2*4,7H,1,5H2,2-3H3. The molecule has 2 N–H and O–H groups in total. The van der Waals surface area contributed by atoms with Gasteiger partial charge in [-0.1, -0.05) is 26.0 Å². The molecule has 0 amide bonds. The average molecular weight is 200 g/mol. The van der Waals surface area contributed by atoms with Crippen molar-refractivity contribution in [3.8, 4) is 0 Å². The molecule has 0 radical (unpaired) electrons. The highest BCUT2D eigenvalue weighted by atomic mass is 16.3. The van der Waals surface area contributed by atoms with Gasteiger partial charge in [-0.3, -0.25) is 0 Å². The van der Waals surface area contributed by atoms with Crippen LogP contribution in [0, 0.1) is 0 Å². The van der Waals surface area contributed by atoms with Crippen LogP contribution in [0.25, 0.3) is 0 Å². The number of hydrogen-bond acceptors (Lipinski definition) is 2. The molecule has 84 valence electrons. The second kappa shape index (κ2) is 6.80. The van der Waals surface area contributed by atoms with Gasteiger partial charge in [0.25, 0.3) is 0 Å². The van der Waals surface area contributed by atoms with E-state index in [1.165, 1.54) is 0 Å². The summed E-state index contributed by atoms with van der Waals surface area (Å²) in [5.74, 6) is 0. The molecule has 0 rings (SSSR count). The molecule has 0 aliphatic carbocycles. The van der Waals surface area contributed by atoms with Crippen molar-refractivity contribution in [2.75, 3.05) is 0 Å². The van der Waals surface area contributed by atoms with Crippen molar-refractivity contribution in [2.24, 2.45) is 0 Å². The van der Waals surface area contributed by atoms with Crippen LogP contribution in [-0.4, -0.2) is 21.4 Å². The molecule has 2 heteroatoms. The number of hydrogen-bond donors (Lipinski definition) is 2. The Labute approximate surface area is 88.0 Å². The molecule has 0 heterocycles. The predicted molar refractivity (Wildman–Crippen MR) is 62.2 cm³/mol. The van der Waals surface area contributed by atoms with Crippen molar-refractivity contribution in [2.45, 2.75) is 51.7 Å². The first-order valence-corrected chi connectivity index (χ1v) is 4.96. The Hall–Kier alpha value is -0.600. The third-order valence-corrected chi connectivity index (χ3v) is 2.31. The zero-order valence-electron chi connectivity index (χ0n) is 9.88. The van der Waals surface area contributed by atoms with Crippen LogP contribution in [0.4, 0.5) is 0 Å². The van der Waals surface area contributed by atoms with Gasteiger partial charge in [0.2, 0.25) is 0 Å². The molecule has 0 aromatic rings. The van der Waals surface area contributed by atoms with Gasteiger partial charge in [-0.15, -0.1) is 13.2 Å². The van der Waals surface area contributed by atoms with E-state index in [1.807, 2.05) is 13.8 Å². The molecular formula is C12H24O2. The Morgan fingerprint density at radius 2 is 1.14 bits per heavy atom. The van der Waals surface area contributed by atoms with Crippen LogP contribution in [0.5, 0.6) is 0 Å². The summed E-state index contributed by atoms with van der Waals surface area (Å²) in [6.45, 7) is 14.2. The van der Waals surface area contributed by atoms with Gasteiger partial charge in [-0.2, -0.15) is 0 Å². The summed E-state index contributed by atoms with van der Waals surface area (Å²) in [5, 5.41) is 18.0. The van der Waals surface area contributed by atoms with Crippen molar-refractivity contribution in [3.63, 3.8) is 0 Å². The van der Waals surface area contributed by atoms with Crippen molar-refractivity contribution < 1.29 is 10.2 Å². The molecule has 0 bridgehead atoms. The summed E-state index contributed by atoms with van der Waals surface area (Å²) >= 11 is 0. The molecule has 0 saturated heterocycles. The highest BCUT2D eigenvalue weighted by molar-refractivity contribution is 4.90. The number of aliphatic hydroxyl groups is 2. The lowest BCUT2D eigenvalue weighted by Crippen LogP contribution is -2.17. The van der Waals surface area contributed by atoms with Crippen molar-refractivity contribution >= 4 is 0 Å². The third-order valence-electron chi connectivity index (χ3n) is 2.31. The highest BCUT2D eigenvalue weighted by Crippen LogP contribution is 2.07. The quantitative estimate of drug-likeness (QED) is 0.685. The van der Waals surface area contributed by atoms with E-state index in [0.29, 0.717) is 0 Å². The lowest BCUT2D eigenvalue weighted by Gasteiger charge is -2.13. The lowest BCUT2D eigenvalue weighted by molar-refractivity contribution is 0.107. The largest absolute Gasteiger partial charge is 0.386 e. The molecule has 0 aliphatic heterocycles. The normalized spacial score (nSPS) is 18.1. The minimum Gasteiger partial charge on any atom is -0.386 e. The van der Waals surface area contributed by atoms with Gasteiger partial charge in [0.15, 0.2) is 0 Å². The maximum atomic E-state index is 9.01. The highest BCUT2D eigenvalue weighted by Gasteiger charge is 2.09. The van der Waals surface area contributed by atoms with Gasteiger partial charge >= 0.3 is 0 Å². The molecule has 0 fully saturated rings. The fraction of sp³-hybridized carbons (Fsp3) is 0.667. The van der Waals surface area contributed by atoms with Gasteiger partial charge in [-0.05, 0) is 26.7 Å². The fourth-order valence-electron chi connectivity index (χ4n) is 0.289. The van der Waals surface area contributed by atoms with E-state index < -0.39 is 11.2 Å². The van der Waals surface area contributed by atoms with Gasteiger partial charge < -0.3 is 10.2 Å². The second-order valence-electron chi connectivity index (χ2n) is 3.83. The summed E-state index contributed by atoms with van der Waals surface area (Å²) in [4.78, 5) is 0. The molecule has 14 heavy (non-hydrogen) atoms. The van der Waals surface area contributed by atoms with E-state index >= 15 is 0 Å². The van der Waals surface area contributed by atoms with Crippen LogP contribution in [0.2, 0.25) is 0 Å². The van der Waals surface area contributed by atoms with E-state index in [0.717, 1.165) is 12.8 Å². The first-order valence-electron chi connectivity index (χ1n) is 4.96. The van der Waals surface area contributed by atoms with Gasteiger partial charge in [0.1, 0.15) is 0 Å². The minimum absolute atomic E-state index is 0.653. The smallest absolute Gasteiger partial charge is 0.0794 e. The Kier molecular flexibility index (Phi) is 7.69. The molecule has 2 nitrogen and oxygen atoms in total. The van der Waals surface area contributed by atoms with E-state index in [9.17, 15) is 0 Å². The first kappa shape index (κ1) is 15.9. The lowest BCUT2D eigenvalue weighted by atomic mass is 10.1. The van der Waals surface area contributed by atoms with Crippen LogP contribution in [0.1, 0.15) is 40.5 Å². The summed E-state index contributed by atoms with van der Waals surface area (Å²) in [7, 11) is 0. The minimum atomic E-state index is -0.653. The van der Waals surface area contributed by atoms with Gasteiger partial charge in [0, 0.05) is 0 Å². The van der Waals surface area contributed by atoms with Crippen LogP contribution < -0.4 is 0 Å². The summed E-state index contributed by atoms with van der Waals surface area (Å²) in [6.07, 6.45) is 4.56. The van der Waals surface area contributed by atoms with Crippen LogP contribution in [0.15, 0.2) is 25.3 Å². The zero-order valence-corrected chi connectivity index (χ0v) is 9.88. The van der Waals surface area contributed by atoms with E-state index in [2.05, 4.69) is 13.2 Å². The van der Waals surface area contributed by atoms with Crippen LogP contribution in [0.3, 0.4) is 0 Å². The molecule has 2 atom stereocenters. The van der Waals surface area contributed by atoms with Gasteiger partial charge in [-0.25, -0.2) is 0 Å². The molecule has 0 aromatic carbocycles. The summed E-state index contributed by atoms with van der Waals surface area (Å²) < 4.78 is 0. The zero-order chi connectivity index (χ0) is 11.8. The summed E-state index contributed by atoms with van der Waals surface area (Å²) in [6, 6.07) is 0. The SMILES string of the molecule is C=CC(C)(O)CC.C=CC(C)(O)CC. The molecule has 0 aliphatic rings. The Balaban J connectivity index is 0. The third kappa shape index (κ3) is 9.49. The molecule has 0 spiro atoms. The maximum absolute atomic E-state index is 9.01. The van der Waals surface area contributed by atoms with E-state index in [1.54, 1.807) is 26.0 Å². The number of rotatable bonds is 4. The monoisotopic (exact) mass is 200 g/mol. The Morgan fingerprint density at radius 3 is 1.14 bits per heavy atom. The molecule has 0 saturated carbocycles. The Morgan fingerprint density at radius 1 is 0.929 bits per heavy atom. The van der Waals surface area contributed by atoms with Crippen molar-refractivity contribution in [3.05, 3.63) is 25.3 Å². The van der Waals surface area contributed by atoms with Crippen molar-refractivity contribution in [1.29, 1.82) is 0 Å². The molecule has 2 unspecified atom stereocenters. The fourth-order valence-corrected chi connectivity index (χ4v) is 0.289. The summed E-state index contributed by atoms with van der Waals surface area (Å²) in [5.41, 5.74) is -1.31. The van der Waals surface area contributed by atoms with Gasteiger partial charge in [0.05, 0.1) is 11.2 Å². The predicted octanol–water partition coefficient (Wildman–Crippen LogP) is 2.67. The van der Waals surface area contributed by atoms with Crippen LogP contribution >= 0.6 is 0 Å². The van der Waals surface area contributed by atoms with Crippen LogP contribution in [-0.2, 0) is 0 Å². The second-order valence-corrected chi connectivity index (χ2v) is 3.83. The first-order chi connectivity index (χ1) is 6.24. The van der Waals surface area contributed by atoms with Crippen molar-refractivity contribution in [1.82, 2.24) is 0 Å². The maximum Gasteiger partial charge on any atom is 0.0794 e. The topological polar surface area (TPSA) is 40.5 Å². The Bertz CT molecular complexity index is 149. The molecule has 0 aromatic heterocycles. The van der Waals surface area contributed by atoms with E-state index in [4.69, 9.17) is 10.2 Å². The molecular weight excluding hydrogens is 176 g/mol. The average Bonchev–Trinajstić information content (AvgIpc) is 2.19. The van der Waals surface area contributed by atoms with E-state index in [-0.39, 0.29) is 0 Å².